The van der Waals surface area contributed by atoms with Crippen LogP contribution in [0.5, 0.6) is 0 Å². The van der Waals surface area contributed by atoms with Gasteiger partial charge in [0, 0.05) is 17.1 Å². The predicted molar refractivity (Wildman–Crippen MR) is 87.1 cm³/mol. The van der Waals surface area contributed by atoms with E-state index in [0.717, 1.165) is 22.5 Å². The number of fused-ring (bicyclic) bond motifs is 1. The highest BCUT2D eigenvalue weighted by atomic mass is 15.6. The van der Waals surface area contributed by atoms with Gasteiger partial charge >= 0.3 is 5.84 Å². The maximum Gasteiger partial charge on any atom is 0.311 e. The van der Waals surface area contributed by atoms with Crippen molar-refractivity contribution in [2.75, 3.05) is 0 Å². The molecule has 0 radical (unpaired) electrons. The second kappa shape index (κ2) is 4.78. The summed E-state index contributed by atoms with van der Waals surface area (Å²) in [4.78, 5) is 8.83. The number of rotatable bonds is 1. The van der Waals surface area contributed by atoms with Crippen LogP contribution in [0.3, 0.4) is 0 Å². The second-order valence-corrected chi connectivity index (χ2v) is 5.12. The third kappa shape index (κ3) is 1.89. The van der Waals surface area contributed by atoms with Gasteiger partial charge in [-0.15, -0.1) is 4.59 Å². The van der Waals surface area contributed by atoms with Crippen molar-refractivity contribution in [3.05, 3.63) is 83.5 Å². The van der Waals surface area contributed by atoms with Gasteiger partial charge in [-0.3, -0.25) is 4.99 Å². The minimum absolute atomic E-state index is 0.0240. The molecule has 1 atom stereocenters. The van der Waals surface area contributed by atoms with Gasteiger partial charge in [0.15, 0.2) is 0 Å². The molecular formula is C18H13N4+. The molecule has 2 heterocycles. The highest BCUT2D eigenvalue weighted by Crippen LogP contribution is 2.33. The number of aliphatic imine (C=N–C) groups is 2. The summed E-state index contributed by atoms with van der Waals surface area (Å²) in [6, 6.07) is 9.80. The summed E-state index contributed by atoms with van der Waals surface area (Å²) in [6.45, 7) is 0. The average Bonchev–Trinajstić information content (AvgIpc) is 2.77. The summed E-state index contributed by atoms with van der Waals surface area (Å²) in [5.41, 5.74) is 3.68. The first kappa shape index (κ1) is 12.7. The van der Waals surface area contributed by atoms with Gasteiger partial charge in [0.25, 0.3) is 0 Å². The van der Waals surface area contributed by atoms with Gasteiger partial charge in [-0.2, -0.15) is 10.8 Å². The Morgan fingerprint density at radius 3 is 2.64 bits per heavy atom. The molecule has 0 saturated carbocycles. The summed E-state index contributed by atoms with van der Waals surface area (Å²) in [5.74, 6) is 13.3. The lowest BCUT2D eigenvalue weighted by Gasteiger charge is -2.23. The number of hydrogen-bond donors (Lipinski definition) is 1. The largest absolute Gasteiger partial charge is 0.311 e. The Morgan fingerprint density at radius 1 is 1.09 bits per heavy atom. The van der Waals surface area contributed by atoms with Gasteiger partial charge in [-0.1, -0.05) is 42.3 Å². The van der Waals surface area contributed by atoms with Gasteiger partial charge in [0.1, 0.15) is 11.9 Å². The maximum absolute atomic E-state index is 6.50. The van der Waals surface area contributed by atoms with E-state index < -0.39 is 0 Å². The van der Waals surface area contributed by atoms with Crippen LogP contribution < -0.4 is 5.84 Å². The van der Waals surface area contributed by atoms with Crippen molar-refractivity contribution in [1.29, 1.82) is 0 Å². The quantitative estimate of drug-likeness (QED) is 0.481. The van der Waals surface area contributed by atoms with E-state index in [0.29, 0.717) is 5.84 Å². The van der Waals surface area contributed by atoms with E-state index in [1.807, 2.05) is 48.6 Å². The Kier molecular flexibility index (Phi) is 2.76. The van der Waals surface area contributed by atoms with Crippen LogP contribution in [0.1, 0.15) is 5.56 Å². The average molecular weight is 285 g/mol. The molecule has 0 bridgehead atoms. The standard InChI is InChI=1S/C18H13N4/c19-22-12-11-20-13-16(22)18(15-7-4-8-15)21-17(22)10-9-14-5-2-1-3-6-14/h1-8,11-13H,19H2/q+1. The van der Waals surface area contributed by atoms with E-state index in [9.17, 15) is 0 Å². The van der Waals surface area contributed by atoms with E-state index in [1.54, 1.807) is 18.6 Å². The zero-order valence-electron chi connectivity index (χ0n) is 11.8. The molecule has 1 unspecified atom stereocenters. The SMILES string of the molecule is N[N+]12C=CN=CC1=C(C1=CC=C1)N=C2C#Cc1ccccc1. The number of allylic oxidation sites excluding steroid dienone is 4. The number of nitrogens with zero attached hydrogens (tertiary/aromatic N) is 3. The van der Waals surface area contributed by atoms with Crippen molar-refractivity contribution >= 4 is 12.1 Å². The molecule has 1 aromatic carbocycles. The van der Waals surface area contributed by atoms with Crippen molar-refractivity contribution in [1.82, 2.24) is 0 Å². The molecule has 22 heavy (non-hydrogen) atoms. The van der Waals surface area contributed by atoms with Crippen LogP contribution in [0.2, 0.25) is 0 Å². The molecule has 0 fully saturated rings. The number of amidine groups is 1. The molecule has 0 saturated heterocycles. The lowest BCUT2D eigenvalue weighted by Crippen LogP contribution is -2.52. The second-order valence-electron chi connectivity index (χ2n) is 5.12. The fourth-order valence-electron chi connectivity index (χ4n) is 2.43. The molecule has 104 valence electrons. The van der Waals surface area contributed by atoms with Crippen molar-refractivity contribution in [3.8, 4) is 11.8 Å². The fourth-order valence-corrected chi connectivity index (χ4v) is 2.43. The highest BCUT2D eigenvalue weighted by molar-refractivity contribution is 6.01. The van der Waals surface area contributed by atoms with Crippen LogP contribution >= 0.6 is 0 Å². The van der Waals surface area contributed by atoms with Crippen LogP contribution in [-0.4, -0.2) is 16.6 Å². The number of hydrogen-bond acceptors (Lipinski definition) is 3. The molecule has 4 rings (SSSR count). The minimum Gasteiger partial charge on any atom is -0.253 e. The molecule has 0 aromatic heterocycles. The van der Waals surface area contributed by atoms with Crippen molar-refractivity contribution in [2.24, 2.45) is 15.8 Å². The highest BCUT2D eigenvalue weighted by Gasteiger charge is 2.43. The third-order valence-electron chi connectivity index (χ3n) is 3.71. The van der Waals surface area contributed by atoms with E-state index in [4.69, 9.17) is 5.84 Å². The van der Waals surface area contributed by atoms with Gasteiger partial charge in [0.05, 0.1) is 12.4 Å². The van der Waals surface area contributed by atoms with Crippen molar-refractivity contribution in [3.63, 3.8) is 0 Å². The lowest BCUT2D eigenvalue weighted by molar-refractivity contribution is -0.749. The van der Waals surface area contributed by atoms with Crippen LogP contribution in [0.4, 0.5) is 0 Å². The van der Waals surface area contributed by atoms with E-state index in [-0.39, 0.29) is 4.59 Å². The Bertz CT molecular complexity index is 886. The van der Waals surface area contributed by atoms with Crippen molar-refractivity contribution < 1.29 is 4.59 Å². The summed E-state index contributed by atoms with van der Waals surface area (Å²) < 4.78 is -0.0240. The number of quaternary nitrogens is 1. The van der Waals surface area contributed by atoms with Crippen LogP contribution in [0.15, 0.2) is 87.9 Å². The minimum atomic E-state index is -0.0240. The van der Waals surface area contributed by atoms with Crippen LogP contribution in [0, 0.1) is 11.8 Å². The van der Waals surface area contributed by atoms with Gasteiger partial charge in [0.2, 0.25) is 5.70 Å². The Hall–Kier alpha value is -3.00. The first-order valence-electron chi connectivity index (χ1n) is 6.95. The molecule has 1 aromatic rings. The van der Waals surface area contributed by atoms with Gasteiger partial charge < -0.3 is 0 Å². The summed E-state index contributed by atoms with van der Waals surface area (Å²) in [7, 11) is 0. The smallest absolute Gasteiger partial charge is 0.253 e. The molecule has 2 N–H and O–H groups in total. The van der Waals surface area contributed by atoms with E-state index in [2.05, 4.69) is 21.8 Å². The molecule has 3 aliphatic rings. The van der Waals surface area contributed by atoms with E-state index in [1.165, 1.54) is 0 Å². The molecule has 0 amide bonds. The summed E-state index contributed by atoms with van der Waals surface area (Å²) in [6.07, 6.45) is 11.2. The maximum atomic E-state index is 6.50. The predicted octanol–water partition coefficient (Wildman–Crippen LogP) is 2.40. The fraction of sp³-hybridized carbons (Fsp3) is 0. The number of benzene rings is 1. The molecule has 4 heteroatoms. The summed E-state index contributed by atoms with van der Waals surface area (Å²) >= 11 is 0. The molecule has 2 aliphatic heterocycles. The van der Waals surface area contributed by atoms with Crippen LogP contribution in [0.25, 0.3) is 0 Å². The Morgan fingerprint density at radius 2 is 1.91 bits per heavy atom. The van der Waals surface area contributed by atoms with E-state index >= 15 is 0 Å². The first-order chi connectivity index (χ1) is 10.8. The monoisotopic (exact) mass is 285 g/mol. The van der Waals surface area contributed by atoms with Gasteiger partial charge in [-0.25, -0.2) is 0 Å². The topological polar surface area (TPSA) is 50.7 Å². The third-order valence-corrected chi connectivity index (χ3v) is 3.71. The van der Waals surface area contributed by atoms with Crippen molar-refractivity contribution in [2.45, 2.75) is 0 Å². The van der Waals surface area contributed by atoms with Gasteiger partial charge in [-0.05, 0) is 12.1 Å². The number of nitrogens with two attached hydrogens (primary N) is 1. The Labute approximate surface area is 128 Å². The summed E-state index contributed by atoms with van der Waals surface area (Å²) in [5, 5.41) is 0. The Balaban J connectivity index is 1.77. The zero-order valence-corrected chi connectivity index (χ0v) is 11.8. The molecule has 4 nitrogen and oxygen atoms in total. The normalized spacial score (nSPS) is 24.2. The molecule has 0 spiro atoms. The first-order valence-corrected chi connectivity index (χ1v) is 6.95. The van der Waals surface area contributed by atoms with Crippen LogP contribution in [-0.2, 0) is 0 Å². The zero-order chi connectivity index (χ0) is 15.0. The molecular weight excluding hydrogens is 272 g/mol. The molecule has 1 aliphatic carbocycles. The lowest BCUT2D eigenvalue weighted by atomic mass is 10.0.